The molecule has 1 aromatic rings. The Bertz CT molecular complexity index is 370. The van der Waals surface area contributed by atoms with Crippen LogP contribution in [0.1, 0.15) is 58.8 Å². The van der Waals surface area contributed by atoms with E-state index in [1.54, 1.807) is 0 Å². The molecule has 0 bridgehead atoms. The van der Waals surface area contributed by atoms with Gasteiger partial charge in [0.15, 0.2) is 0 Å². The van der Waals surface area contributed by atoms with E-state index in [-0.39, 0.29) is 0 Å². The highest BCUT2D eigenvalue weighted by molar-refractivity contribution is 7.99. The second-order valence-electron chi connectivity index (χ2n) is 5.62. The molecule has 0 saturated carbocycles. The molecule has 1 atom stereocenters. The molecule has 1 N–H and O–H groups in total. The van der Waals surface area contributed by atoms with Gasteiger partial charge in [0.05, 0.1) is 0 Å². The van der Waals surface area contributed by atoms with Gasteiger partial charge in [0, 0.05) is 21.7 Å². The van der Waals surface area contributed by atoms with Crippen LogP contribution < -0.4 is 5.32 Å². The summed E-state index contributed by atoms with van der Waals surface area (Å²) in [6.45, 7) is 5.62. The van der Waals surface area contributed by atoms with Crippen LogP contribution in [0.15, 0.2) is 29.2 Å². The van der Waals surface area contributed by atoms with Crippen LogP contribution in [-0.4, -0.2) is 18.3 Å². The number of thioether (sulfide) groups is 1. The molecule has 0 saturated heterocycles. The van der Waals surface area contributed by atoms with E-state index in [1.165, 1.54) is 49.8 Å². The summed E-state index contributed by atoms with van der Waals surface area (Å²) >= 11 is 7.96. The third-order valence-corrected chi connectivity index (χ3v) is 4.98. The Kier molecular flexibility index (Phi) is 11.1. The lowest BCUT2D eigenvalue weighted by Gasteiger charge is -2.18. The second kappa shape index (κ2) is 12.4. The molecule has 120 valence electrons. The van der Waals surface area contributed by atoms with Gasteiger partial charge in [-0.2, -0.15) is 0 Å². The molecule has 0 aliphatic rings. The van der Waals surface area contributed by atoms with Crippen LogP contribution in [0, 0.1) is 0 Å². The Labute approximate surface area is 140 Å². The maximum Gasteiger partial charge on any atom is 0.0417 e. The Morgan fingerprint density at radius 3 is 2.62 bits per heavy atom. The molecule has 1 aromatic carbocycles. The van der Waals surface area contributed by atoms with Crippen molar-refractivity contribution in [3.63, 3.8) is 0 Å². The monoisotopic (exact) mass is 327 g/mol. The van der Waals surface area contributed by atoms with Crippen molar-refractivity contribution < 1.29 is 0 Å². The van der Waals surface area contributed by atoms with Crippen LogP contribution in [0.4, 0.5) is 0 Å². The van der Waals surface area contributed by atoms with E-state index in [0.29, 0.717) is 6.04 Å². The SMILES string of the molecule is CCCCCCCC(CSc1cccc(Cl)c1)NCCC. The van der Waals surface area contributed by atoms with E-state index in [0.717, 1.165) is 17.3 Å². The first-order valence-corrected chi connectivity index (χ1v) is 9.74. The number of benzene rings is 1. The van der Waals surface area contributed by atoms with Gasteiger partial charge in [-0.15, -0.1) is 11.8 Å². The average Bonchev–Trinajstić information content (AvgIpc) is 2.49. The van der Waals surface area contributed by atoms with Crippen LogP contribution in [0.5, 0.6) is 0 Å². The van der Waals surface area contributed by atoms with Gasteiger partial charge in [0.25, 0.3) is 0 Å². The molecule has 0 radical (unpaired) electrons. The van der Waals surface area contributed by atoms with Crippen molar-refractivity contribution in [1.29, 1.82) is 0 Å². The zero-order chi connectivity index (χ0) is 15.3. The van der Waals surface area contributed by atoms with Crippen molar-refractivity contribution in [2.75, 3.05) is 12.3 Å². The number of rotatable bonds is 12. The van der Waals surface area contributed by atoms with Gasteiger partial charge in [-0.1, -0.05) is 63.6 Å². The normalized spacial score (nSPS) is 12.5. The molecule has 0 aliphatic heterocycles. The van der Waals surface area contributed by atoms with Crippen LogP contribution in [0.25, 0.3) is 0 Å². The highest BCUT2D eigenvalue weighted by Crippen LogP contribution is 2.23. The van der Waals surface area contributed by atoms with Crippen molar-refractivity contribution in [1.82, 2.24) is 5.32 Å². The summed E-state index contributed by atoms with van der Waals surface area (Å²) in [5.74, 6) is 1.13. The molecule has 1 rings (SSSR count). The van der Waals surface area contributed by atoms with E-state index in [1.807, 2.05) is 23.9 Å². The van der Waals surface area contributed by atoms with Gasteiger partial charge in [-0.05, 0) is 37.6 Å². The summed E-state index contributed by atoms with van der Waals surface area (Å²) in [4.78, 5) is 1.27. The summed E-state index contributed by atoms with van der Waals surface area (Å²) in [5.41, 5.74) is 0. The molecule has 0 spiro atoms. The van der Waals surface area contributed by atoms with Crippen molar-refractivity contribution in [3.05, 3.63) is 29.3 Å². The predicted molar refractivity (Wildman–Crippen MR) is 97.6 cm³/mol. The maximum atomic E-state index is 6.05. The first-order valence-electron chi connectivity index (χ1n) is 8.38. The Hall–Kier alpha value is -0.180. The summed E-state index contributed by atoms with van der Waals surface area (Å²) in [6.07, 6.45) is 9.30. The molecule has 3 heteroatoms. The number of halogens is 1. The molecule has 21 heavy (non-hydrogen) atoms. The topological polar surface area (TPSA) is 12.0 Å². The van der Waals surface area contributed by atoms with Crippen LogP contribution in [0.3, 0.4) is 0 Å². The van der Waals surface area contributed by atoms with Crippen LogP contribution in [0.2, 0.25) is 5.02 Å². The minimum Gasteiger partial charge on any atom is -0.313 e. The van der Waals surface area contributed by atoms with Gasteiger partial charge in [-0.3, -0.25) is 0 Å². The quantitative estimate of drug-likeness (QED) is 0.364. The summed E-state index contributed by atoms with van der Waals surface area (Å²) < 4.78 is 0. The zero-order valence-electron chi connectivity index (χ0n) is 13.5. The average molecular weight is 328 g/mol. The Morgan fingerprint density at radius 1 is 1.10 bits per heavy atom. The Morgan fingerprint density at radius 2 is 1.90 bits per heavy atom. The standard InChI is InChI=1S/C18H30ClNS/c1-3-5-6-7-8-11-17(20-13-4-2)15-21-18-12-9-10-16(19)14-18/h9-10,12,14,17,20H,3-8,11,13,15H2,1-2H3. The van der Waals surface area contributed by atoms with E-state index in [2.05, 4.69) is 31.3 Å². The molecular weight excluding hydrogens is 298 g/mol. The smallest absolute Gasteiger partial charge is 0.0417 e. The first-order chi connectivity index (χ1) is 10.3. The molecular formula is C18H30ClNS. The van der Waals surface area contributed by atoms with E-state index in [9.17, 15) is 0 Å². The van der Waals surface area contributed by atoms with Crippen molar-refractivity contribution in [2.24, 2.45) is 0 Å². The van der Waals surface area contributed by atoms with Gasteiger partial charge in [0.1, 0.15) is 0 Å². The number of nitrogens with one attached hydrogen (secondary N) is 1. The molecule has 0 fully saturated rings. The molecule has 0 heterocycles. The number of hydrogen-bond acceptors (Lipinski definition) is 2. The van der Waals surface area contributed by atoms with Crippen molar-refractivity contribution in [2.45, 2.75) is 69.7 Å². The van der Waals surface area contributed by atoms with Gasteiger partial charge < -0.3 is 5.32 Å². The first kappa shape index (κ1) is 18.9. The second-order valence-corrected chi connectivity index (χ2v) is 7.15. The summed E-state index contributed by atoms with van der Waals surface area (Å²) in [7, 11) is 0. The fourth-order valence-electron chi connectivity index (χ4n) is 2.34. The lowest BCUT2D eigenvalue weighted by Crippen LogP contribution is -2.31. The highest BCUT2D eigenvalue weighted by atomic mass is 35.5. The molecule has 1 nitrogen and oxygen atoms in total. The molecule has 1 unspecified atom stereocenters. The zero-order valence-corrected chi connectivity index (χ0v) is 15.1. The fraction of sp³-hybridized carbons (Fsp3) is 0.667. The predicted octanol–water partition coefficient (Wildman–Crippen LogP) is 6.16. The minimum atomic E-state index is 0.621. The summed E-state index contributed by atoms with van der Waals surface area (Å²) in [5, 5.41) is 4.52. The van der Waals surface area contributed by atoms with Gasteiger partial charge >= 0.3 is 0 Å². The van der Waals surface area contributed by atoms with Crippen molar-refractivity contribution >= 4 is 23.4 Å². The van der Waals surface area contributed by atoms with Crippen LogP contribution in [-0.2, 0) is 0 Å². The summed E-state index contributed by atoms with van der Waals surface area (Å²) in [6, 6.07) is 8.80. The van der Waals surface area contributed by atoms with Gasteiger partial charge in [0.2, 0.25) is 0 Å². The molecule has 0 aromatic heterocycles. The lowest BCUT2D eigenvalue weighted by molar-refractivity contribution is 0.485. The maximum absolute atomic E-state index is 6.05. The lowest BCUT2D eigenvalue weighted by atomic mass is 10.1. The van der Waals surface area contributed by atoms with E-state index < -0.39 is 0 Å². The Balaban J connectivity index is 2.31. The van der Waals surface area contributed by atoms with Crippen molar-refractivity contribution in [3.8, 4) is 0 Å². The van der Waals surface area contributed by atoms with Gasteiger partial charge in [-0.25, -0.2) is 0 Å². The highest BCUT2D eigenvalue weighted by Gasteiger charge is 2.08. The number of unbranched alkanes of at least 4 members (excludes halogenated alkanes) is 4. The molecule has 0 aliphatic carbocycles. The fourth-order valence-corrected chi connectivity index (χ4v) is 3.66. The van der Waals surface area contributed by atoms with E-state index >= 15 is 0 Å². The largest absolute Gasteiger partial charge is 0.313 e. The third-order valence-electron chi connectivity index (χ3n) is 3.59. The van der Waals surface area contributed by atoms with Crippen LogP contribution >= 0.6 is 23.4 Å². The third kappa shape index (κ3) is 9.44. The van der Waals surface area contributed by atoms with E-state index in [4.69, 9.17) is 11.6 Å². The number of hydrogen-bond donors (Lipinski definition) is 1. The molecule has 0 amide bonds. The minimum absolute atomic E-state index is 0.621.